The number of nitrogens with zero attached hydrogens (tertiary/aromatic N) is 2. The maximum Gasteiger partial charge on any atom is 0.208 e. The van der Waals surface area contributed by atoms with Crippen molar-refractivity contribution in [2.75, 3.05) is 14.1 Å². The largest absolute Gasteiger partial charge is 0.383 e. The first-order valence-corrected chi connectivity index (χ1v) is 4.54. The normalized spacial score (nSPS) is 10.4. The van der Waals surface area contributed by atoms with Crippen LogP contribution < -0.4 is 0 Å². The number of allylic oxidation sites excluding steroid dienone is 1. The summed E-state index contributed by atoms with van der Waals surface area (Å²) in [5, 5.41) is 0. The van der Waals surface area contributed by atoms with E-state index < -0.39 is 11.6 Å². The molecule has 0 bridgehead atoms. The van der Waals surface area contributed by atoms with Crippen LogP contribution in [-0.4, -0.2) is 36.0 Å². The Morgan fingerprint density at radius 1 is 1.50 bits per heavy atom. The maximum absolute atomic E-state index is 13.3. The van der Waals surface area contributed by atoms with Gasteiger partial charge in [0.2, 0.25) is 5.78 Å². The predicted molar refractivity (Wildman–Crippen MR) is 56.7 cm³/mol. The van der Waals surface area contributed by atoms with Gasteiger partial charge in [-0.2, -0.15) is 0 Å². The van der Waals surface area contributed by atoms with Crippen LogP contribution in [-0.2, 0) is 0 Å². The van der Waals surface area contributed by atoms with Crippen molar-refractivity contribution in [1.82, 2.24) is 9.88 Å². The molecule has 0 aliphatic carbocycles. The van der Waals surface area contributed by atoms with Crippen molar-refractivity contribution in [3.8, 4) is 0 Å². The van der Waals surface area contributed by atoms with Gasteiger partial charge in [-0.15, -0.1) is 0 Å². The second-order valence-electron chi connectivity index (χ2n) is 3.36. The van der Waals surface area contributed by atoms with Gasteiger partial charge in [-0.3, -0.25) is 9.59 Å². The lowest BCUT2D eigenvalue weighted by Gasteiger charge is -2.03. The fourth-order valence-electron chi connectivity index (χ4n) is 0.994. The lowest BCUT2D eigenvalue weighted by Crippen LogP contribution is -2.06. The van der Waals surface area contributed by atoms with Gasteiger partial charge in [-0.05, 0) is 6.07 Å². The molecule has 0 amide bonds. The summed E-state index contributed by atoms with van der Waals surface area (Å²) >= 11 is 0. The third-order valence-electron chi connectivity index (χ3n) is 1.76. The van der Waals surface area contributed by atoms with E-state index in [4.69, 9.17) is 0 Å². The number of rotatable bonds is 4. The highest BCUT2D eigenvalue weighted by atomic mass is 19.1. The van der Waals surface area contributed by atoms with E-state index >= 15 is 0 Å². The third kappa shape index (κ3) is 2.98. The minimum Gasteiger partial charge on any atom is -0.383 e. The predicted octanol–water partition coefficient (Wildman–Crippen LogP) is 1.29. The number of aldehydes is 1. The molecule has 5 heteroatoms. The lowest BCUT2D eigenvalue weighted by molar-refractivity contribution is 0.103. The molecule has 0 fully saturated rings. The van der Waals surface area contributed by atoms with Crippen molar-refractivity contribution in [3.63, 3.8) is 0 Å². The highest BCUT2D eigenvalue weighted by Crippen LogP contribution is 2.07. The van der Waals surface area contributed by atoms with E-state index in [1.807, 2.05) is 0 Å². The fourth-order valence-corrected chi connectivity index (χ4v) is 0.994. The Morgan fingerprint density at radius 3 is 2.69 bits per heavy atom. The summed E-state index contributed by atoms with van der Waals surface area (Å²) in [6, 6.07) is 0.983. The monoisotopic (exact) mass is 222 g/mol. The zero-order valence-electron chi connectivity index (χ0n) is 8.98. The zero-order valence-corrected chi connectivity index (χ0v) is 8.98. The first-order chi connectivity index (χ1) is 7.54. The number of pyridine rings is 1. The fraction of sp³-hybridized carbons (Fsp3) is 0.182. The average Bonchev–Trinajstić information content (AvgIpc) is 2.25. The summed E-state index contributed by atoms with van der Waals surface area (Å²) in [6.07, 6.45) is 4.34. The van der Waals surface area contributed by atoms with Gasteiger partial charge < -0.3 is 4.90 Å². The molecular formula is C11H11FN2O2. The van der Waals surface area contributed by atoms with E-state index in [1.165, 1.54) is 12.3 Å². The lowest BCUT2D eigenvalue weighted by atomic mass is 10.2. The molecule has 0 saturated carbocycles. The average molecular weight is 222 g/mol. The van der Waals surface area contributed by atoms with Crippen molar-refractivity contribution in [3.05, 3.63) is 41.6 Å². The molecule has 1 heterocycles. The van der Waals surface area contributed by atoms with E-state index in [2.05, 4.69) is 4.98 Å². The molecule has 1 rings (SSSR count). The smallest absolute Gasteiger partial charge is 0.208 e. The van der Waals surface area contributed by atoms with E-state index in [0.29, 0.717) is 6.29 Å². The molecular weight excluding hydrogens is 211 g/mol. The molecule has 0 aromatic carbocycles. The molecule has 0 aliphatic rings. The van der Waals surface area contributed by atoms with Crippen LogP contribution in [0.3, 0.4) is 0 Å². The molecule has 0 aliphatic heterocycles. The Hall–Kier alpha value is -2.04. The molecule has 4 nitrogen and oxygen atoms in total. The van der Waals surface area contributed by atoms with Gasteiger partial charge in [0.05, 0.1) is 0 Å². The number of halogens is 1. The Kier molecular flexibility index (Phi) is 3.88. The van der Waals surface area contributed by atoms with Crippen LogP contribution in [0.25, 0.3) is 0 Å². The van der Waals surface area contributed by atoms with Crippen LogP contribution >= 0.6 is 0 Å². The van der Waals surface area contributed by atoms with Crippen LogP contribution in [0.4, 0.5) is 4.39 Å². The van der Waals surface area contributed by atoms with Gasteiger partial charge >= 0.3 is 0 Å². The first kappa shape index (κ1) is 12.0. The topological polar surface area (TPSA) is 50.3 Å². The summed E-state index contributed by atoms with van der Waals surface area (Å²) in [5.74, 6) is -1.33. The molecule has 0 unspecified atom stereocenters. The van der Waals surface area contributed by atoms with Crippen molar-refractivity contribution >= 4 is 12.1 Å². The Balaban J connectivity index is 2.96. The SMILES string of the molecule is CN(C)/C=C/C(=O)c1ncc(C=O)cc1F. The Labute approximate surface area is 92.4 Å². The maximum atomic E-state index is 13.3. The van der Waals surface area contributed by atoms with Crippen molar-refractivity contribution in [2.24, 2.45) is 0 Å². The first-order valence-electron chi connectivity index (χ1n) is 4.54. The quantitative estimate of drug-likeness (QED) is 0.437. The molecule has 1 aromatic heterocycles. The van der Waals surface area contributed by atoms with Gasteiger partial charge in [0, 0.05) is 38.1 Å². The summed E-state index contributed by atoms with van der Waals surface area (Å²) in [7, 11) is 3.48. The molecule has 0 radical (unpaired) electrons. The minimum absolute atomic E-state index is 0.102. The second kappa shape index (κ2) is 5.16. The Morgan fingerprint density at radius 2 is 2.19 bits per heavy atom. The zero-order chi connectivity index (χ0) is 12.1. The van der Waals surface area contributed by atoms with Crippen LogP contribution in [0.1, 0.15) is 20.8 Å². The van der Waals surface area contributed by atoms with Gasteiger partial charge in [-0.25, -0.2) is 9.37 Å². The summed E-state index contributed by atoms with van der Waals surface area (Å²) in [4.78, 5) is 27.1. The summed E-state index contributed by atoms with van der Waals surface area (Å²) < 4.78 is 13.3. The summed E-state index contributed by atoms with van der Waals surface area (Å²) in [6.45, 7) is 0. The highest BCUT2D eigenvalue weighted by molar-refractivity contribution is 6.03. The van der Waals surface area contributed by atoms with E-state index in [-0.39, 0.29) is 11.3 Å². The van der Waals surface area contributed by atoms with Gasteiger partial charge in [0.1, 0.15) is 5.69 Å². The molecule has 0 saturated heterocycles. The van der Waals surface area contributed by atoms with E-state index in [9.17, 15) is 14.0 Å². The molecule has 1 aromatic rings. The van der Waals surface area contributed by atoms with Crippen LogP contribution in [0.15, 0.2) is 24.5 Å². The number of ketones is 1. The molecule has 0 N–H and O–H groups in total. The van der Waals surface area contributed by atoms with E-state index in [1.54, 1.807) is 19.0 Å². The van der Waals surface area contributed by atoms with Gasteiger partial charge in [-0.1, -0.05) is 0 Å². The van der Waals surface area contributed by atoms with Gasteiger partial charge in [0.25, 0.3) is 0 Å². The van der Waals surface area contributed by atoms with Crippen LogP contribution in [0.2, 0.25) is 0 Å². The number of hydrogen-bond acceptors (Lipinski definition) is 4. The minimum atomic E-state index is -0.794. The van der Waals surface area contributed by atoms with Crippen molar-refractivity contribution < 1.29 is 14.0 Å². The number of hydrogen-bond donors (Lipinski definition) is 0. The molecule has 0 spiro atoms. The molecule has 0 atom stereocenters. The third-order valence-corrected chi connectivity index (χ3v) is 1.76. The summed E-state index contributed by atoms with van der Waals surface area (Å²) in [5.41, 5.74) is -0.186. The van der Waals surface area contributed by atoms with Crippen molar-refractivity contribution in [2.45, 2.75) is 0 Å². The number of carbonyl (C=O) groups excluding carboxylic acids is 2. The van der Waals surface area contributed by atoms with E-state index in [0.717, 1.165) is 12.3 Å². The number of aromatic nitrogens is 1. The van der Waals surface area contributed by atoms with Crippen molar-refractivity contribution in [1.29, 1.82) is 0 Å². The second-order valence-corrected chi connectivity index (χ2v) is 3.36. The molecule has 84 valence electrons. The molecule has 16 heavy (non-hydrogen) atoms. The van der Waals surface area contributed by atoms with Gasteiger partial charge in [0.15, 0.2) is 12.1 Å². The standard InChI is InChI=1S/C11H11FN2O2/c1-14(2)4-3-10(16)11-9(12)5-8(7-15)6-13-11/h3-7H,1-2H3/b4-3+. The number of carbonyl (C=O) groups is 2. The Bertz CT molecular complexity index is 442. The highest BCUT2D eigenvalue weighted by Gasteiger charge is 2.11. The van der Waals surface area contributed by atoms with Crippen LogP contribution in [0.5, 0.6) is 0 Å². The van der Waals surface area contributed by atoms with Crippen LogP contribution in [0, 0.1) is 5.82 Å².